The van der Waals surface area contributed by atoms with Gasteiger partial charge in [-0.3, -0.25) is 0 Å². The molecule has 1 heterocycles. The first-order valence-corrected chi connectivity index (χ1v) is 6.10. The van der Waals surface area contributed by atoms with Crippen molar-refractivity contribution in [1.29, 1.82) is 0 Å². The zero-order valence-electron chi connectivity index (χ0n) is 9.89. The van der Waals surface area contributed by atoms with Gasteiger partial charge < -0.3 is 10.0 Å². The number of hydrogen-bond donors (Lipinski definition) is 1. The molecule has 3 nitrogen and oxygen atoms in total. The number of pyridine rings is 1. The van der Waals surface area contributed by atoms with Crippen molar-refractivity contribution in [2.24, 2.45) is 0 Å². The molecule has 0 saturated heterocycles. The van der Waals surface area contributed by atoms with Gasteiger partial charge in [0.2, 0.25) is 0 Å². The van der Waals surface area contributed by atoms with E-state index in [0.717, 1.165) is 11.4 Å². The fourth-order valence-electron chi connectivity index (χ4n) is 2.41. The fraction of sp³-hybridized carbons (Fsp3) is 0.615. The molecule has 0 bridgehead atoms. The minimum Gasteiger partial charge on any atom is -0.392 e. The Labute approximate surface area is 97.1 Å². The Bertz CT molecular complexity index is 334. The number of anilines is 1. The monoisotopic (exact) mass is 220 g/mol. The van der Waals surface area contributed by atoms with E-state index >= 15 is 0 Å². The quantitative estimate of drug-likeness (QED) is 0.849. The molecular formula is C13H20N2O. The molecule has 1 saturated carbocycles. The van der Waals surface area contributed by atoms with Crippen LogP contribution in [0.4, 0.5) is 5.82 Å². The summed E-state index contributed by atoms with van der Waals surface area (Å²) >= 11 is 0. The Morgan fingerprint density at radius 1 is 1.38 bits per heavy atom. The molecular weight excluding hydrogens is 200 g/mol. The minimum absolute atomic E-state index is 0.0913. The Morgan fingerprint density at radius 2 is 2.12 bits per heavy atom. The van der Waals surface area contributed by atoms with Gasteiger partial charge in [0.25, 0.3) is 0 Å². The standard InChI is InChI=1S/C13H20N2O/c1-15(12-5-3-2-4-6-12)13-9-11(10-16)7-8-14-13/h7-9,12,16H,2-6,10H2,1H3. The van der Waals surface area contributed by atoms with E-state index in [1.54, 1.807) is 6.20 Å². The van der Waals surface area contributed by atoms with Crippen LogP contribution in [0.5, 0.6) is 0 Å². The van der Waals surface area contributed by atoms with E-state index in [9.17, 15) is 0 Å². The van der Waals surface area contributed by atoms with Crippen molar-refractivity contribution in [3.8, 4) is 0 Å². The van der Waals surface area contributed by atoms with Gasteiger partial charge in [0.15, 0.2) is 0 Å². The van der Waals surface area contributed by atoms with Crippen LogP contribution >= 0.6 is 0 Å². The summed E-state index contributed by atoms with van der Waals surface area (Å²) in [4.78, 5) is 6.64. The van der Waals surface area contributed by atoms with Gasteiger partial charge in [-0.05, 0) is 30.5 Å². The second kappa shape index (κ2) is 5.30. The molecule has 2 rings (SSSR count). The lowest BCUT2D eigenvalue weighted by Crippen LogP contribution is -2.33. The first-order valence-electron chi connectivity index (χ1n) is 6.10. The van der Waals surface area contributed by atoms with Gasteiger partial charge in [0, 0.05) is 19.3 Å². The summed E-state index contributed by atoms with van der Waals surface area (Å²) in [5, 5.41) is 9.11. The summed E-state index contributed by atoms with van der Waals surface area (Å²) in [7, 11) is 2.11. The van der Waals surface area contributed by atoms with Gasteiger partial charge >= 0.3 is 0 Å². The highest BCUT2D eigenvalue weighted by molar-refractivity contribution is 5.41. The molecule has 1 N–H and O–H groups in total. The van der Waals surface area contributed by atoms with Crippen LogP contribution in [0.2, 0.25) is 0 Å². The maximum absolute atomic E-state index is 9.11. The number of nitrogens with zero attached hydrogens (tertiary/aromatic N) is 2. The van der Waals surface area contributed by atoms with Crippen molar-refractivity contribution in [3.05, 3.63) is 23.9 Å². The van der Waals surface area contributed by atoms with Crippen molar-refractivity contribution in [2.45, 2.75) is 44.8 Å². The molecule has 0 atom stereocenters. The molecule has 0 unspecified atom stereocenters. The van der Waals surface area contributed by atoms with Crippen LogP contribution in [-0.4, -0.2) is 23.2 Å². The largest absolute Gasteiger partial charge is 0.392 e. The average Bonchev–Trinajstić information content (AvgIpc) is 2.39. The third-order valence-electron chi connectivity index (χ3n) is 3.48. The Kier molecular flexibility index (Phi) is 3.78. The molecule has 3 heteroatoms. The number of aliphatic hydroxyl groups is 1. The lowest BCUT2D eigenvalue weighted by Gasteiger charge is -2.32. The zero-order valence-corrected chi connectivity index (χ0v) is 9.89. The summed E-state index contributed by atoms with van der Waals surface area (Å²) in [6.45, 7) is 0.0913. The van der Waals surface area contributed by atoms with Crippen LogP contribution in [0.3, 0.4) is 0 Å². The zero-order chi connectivity index (χ0) is 11.4. The summed E-state index contributed by atoms with van der Waals surface area (Å²) in [6, 6.07) is 4.46. The van der Waals surface area contributed by atoms with Crippen molar-refractivity contribution < 1.29 is 5.11 Å². The van der Waals surface area contributed by atoms with E-state index < -0.39 is 0 Å². The van der Waals surface area contributed by atoms with Crippen LogP contribution in [0, 0.1) is 0 Å². The first-order chi connectivity index (χ1) is 7.81. The third kappa shape index (κ3) is 2.53. The molecule has 1 aromatic rings. The maximum atomic E-state index is 9.11. The molecule has 1 aliphatic carbocycles. The highest BCUT2D eigenvalue weighted by Crippen LogP contribution is 2.25. The van der Waals surface area contributed by atoms with Crippen molar-refractivity contribution >= 4 is 5.82 Å². The number of rotatable bonds is 3. The van der Waals surface area contributed by atoms with E-state index in [0.29, 0.717) is 6.04 Å². The Morgan fingerprint density at radius 3 is 2.81 bits per heavy atom. The van der Waals surface area contributed by atoms with Crippen LogP contribution in [0.25, 0.3) is 0 Å². The fourth-order valence-corrected chi connectivity index (χ4v) is 2.41. The predicted molar refractivity (Wildman–Crippen MR) is 65.4 cm³/mol. The molecule has 0 amide bonds. The molecule has 0 spiro atoms. The number of hydrogen-bond acceptors (Lipinski definition) is 3. The van der Waals surface area contributed by atoms with Crippen LogP contribution in [0.15, 0.2) is 18.3 Å². The molecule has 1 aliphatic rings. The second-order valence-electron chi connectivity index (χ2n) is 4.58. The van der Waals surface area contributed by atoms with E-state index in [2.05, 4.69) is 16.9 Å². The van der Waals surface area contributed by atoms with Gasteiger partial charge in [0.1, 0.15) is 5.82 Å². The van der Waals surface area contributed by atoms with Crippen molar-refractivity contribution in [3.63, 3.8) is 0 Å². The Balaban J connectivity index is 2.09. The molecule has 16 heavy (non-hydrogen) atoms. The molecule has 1 aromatic heterocycles. The second-order valence-corrected chi connectivity index (χ2v) is 4.58. The van der Waals surface area contributed by atoms with Gasteiger partial charge in [-0.2, -0.15) is 0 Å². The van der Waals surface area contributed by atoms with E-state index in [1.807, 2.05) is 12.1 Å². The number of aliphatic hydroxyl groups excluding tert-OH is 1. The van der Waals surface area contributed by atoms with Crippen LogP contribution in [0.1, 0.15) is 37.7 Å². The van der Waals surface area contributed by atoms with Crippen LogP contribution in [-0.2, 0) is 6.61 Å². The highest BCUT2D eigenvalue weighted by atomic mass is 16.3. The predicted octanol–water partition coefficient (Wildman–Crippen LogP) is 2.34. The molecule has 88 valence electrons. The normalized spacial score (nSPS) is 17.4. The van der Waals surface area contributed by atoms with Gasteiger partial charge in [-0.1, -0.05) is 19.3 Å². The van der Waals surface area contributed by atoms with Crippen molar-refractivity contribution in [2.75, 3.05) is 11.9 Å². The third-order valence-corrected chi connectivity index (χ3v) is 3.48. The van der Waals surface area contributed by atoms with Gasteiger partial charge in [0.05, 0.1) is 6.61 Å². The highest BCUT2D eigenvalue weighted by Gasteiger charge is 2.18. The maximum Gasteiger partial charge on any atom is 0.128 e. The first kappa shape index (κ1) is 11.4. The van der Waals surface area contributed by atoms with Crippen LogP contribution < -0.4 is 4.90 Å². The van der Waals surface area contributed by atoms with Gasteiger partial charge in [-0.15, -0.1) is 0 Å². The summed E-state index contributed by atoms with van der Waals surface area (Å²) in [5.74, 6) is 0.985. The van der Waals surface area contributed by atoms with Gasteiger partial charge in [-0.25, -0.2) is 4.98 Å². The number of aromatic nitrogens is 1. The lowest BCUT2D eigenvalue weighted by molar-refractivity contribution is 0.281. The lowest BCUT2D eigenvalue weighted by atomic mass is 9.94. The molecule has 0 aromatic carbocycles. The topological polar surface area (TPSA) is 36.4 Å². The van der Waals surface area contributed by atoms with Crippen molar-refractivity contribution in [1.82, 2.24) is 4.98 Å². The Hall–Kier alpha value is -1.09. The van der Waals surface area contributed by atoms with E-state index in [4.69, 9.17) is 5.11 Å². The summed E-state index contributed by atoms with van der Waals surface area (Å²) in [5.41, 5.74) is 0.938. The smallest absolute Gasteiger partial charge is 0.128 e. The average molecular weight is 220 g/mol. The summed E-state index contributed by atoms with van der Waals surface area (Å²) in [6.07, 6.45) is 8.33. The SMILES string of the molecule is CN(c1cc(CO)ccn1)C1CCCCC1. The summed E-state index contributed by atoms with van der Waals surface area (Å²) < 4.78 is 0. The van der Waals surface area contributed by atoms with E-state index in [1.165, 1.54) is 32.1 Å². The molecule has 0 radical (unpaired) electrons. The molecule has 1 fully saturated rings. The van der Waals surface area contributed by atoms with E-state index in [-0.39, 0.29) is 6.61 Å². The minimum atomic E-state index is 0.0913. The molecule has 0 aliphatic heterocycles.